The van der Waals surface area contributed by atoms with Crippen LogP contribution in [0.3, 0.4) is 0 Å². The predicted octanol–water partition coefficient (Wildman–Crippen LogP) is 4.53. The molecule has 5 aromatic rings. The normalized spacial score (nSPS) is 10.8. The van der Waals surface area contributed by atoms with E-state index in [-0.39, 0.29) is 5.76 Å². The smallest absolute Gasteiger partial charge is 0.305 e. The second-order valence-electron chi connectivity index (χ2n) is 7.32. The van der Waals surface area contributed by atoms with Crippen molar-refractivity contribution in [2.24, 2.45) is 0 Å². The molecular weight excluding hydrogens is 420 g/mol. The van der Waals surface area contributed by atoms with Crippen LogP contribution in [0.2, 0.25) is 0 Å². The number of hydrogen-bond donors (Lipinski definition) is 2. The molecule has 0 saturated carbocycles. The number of rotatable bonds is 4. The lowest BCUT2D eigenvalue weighted by atomic mass is 10.1. The van der Waals surface area contributed by atoms with Crippen LogP contribution in [0.15, 0.2) is 87.7 Å². The molecule has 8 heteroatoms. The summed E-state index contributed by atoms with van der Waals surface area (Å²) in [6, 6.07) is 23.4. The first kappa shape index (κ1) is 20.2. The third-order valence-electron chi connectivity index (χ3n) is 5.18. The lowest BCUT2D eigenvalue weighted by Gasteiger charge is -2.07. The molecular formula is C25H18N4O4. The van der Waals surface area contributed by atoms with Crippen molar-refractivity contribution in [2.45, 2.75) is 6.92 Å². The largest absolute Gasteiger partial charge is 0.451 e. The fraction of sp³-hybridized carbons (Fsp3) is 0.0400. The molecule has 0 bridgehead atoms. The van der Waals surface area contributed by atoms with E-state index in [1.807, 2.05) is 48.5 Å². The first-order chi connectivity index (χ1) is 16.1. The number of carbonyl (C=O) groups is 2. The number of aromatic nitrogens is 2. The van der Waals surface area contributed by atoms with Crippen LogP contribution in [0.25, 0.3) is 33.9 Å². The standard InChI is InChI=1S/C25H18N4O4/c1-15-19-9-5-6-10-20(19)32-21(15)23(31)27-26-22(30)16-11-13-18(14-12-16)25-29-28-24(33-25)17-7-3-2-4-8-17/h2-14H,1H3,(H,26,30)(H,27,31). The van der Waals surface area contributed by atoms with E-state index in [9.17, 15) is 9.59 Å². The summed E-state index contributed by atoms with van der Waals surface area (Å²) in [5, 5.41) is 8.99. The van der Waals surface area contributed by atoms with Gasteiger partial charge < -0.3 is 8.83 Å². The van der Waals surface area contributed by atoms with Crippen LogP contribution >= 0.6 is 0 Å². The molecule has 8 nitrogen and oxygen atoms in total. The third-order valence-corrected chi connectivity index (χ3v) is 5.18. The topological polar surface area (TPSA) is 110 Å². The van der Waals surface area contributed by atoms with Gasteiger partial charge in [-0.3, -0.25) is 20.4 Å². The molecule has 0 aliphatic carbocycles. The van der Waals surface area contributed by atoms with E-state index in [0.717, 1.165) is 10.9 Å². The molecule has 5 rings (SSSR count). The minimum Gasteiger partial charge on any atom is -0.451 e. The molecule has 0 atom stereocenters. The van der Waals surface area contributed by atoms with E-state index < -0.39 is 11.8 Å². The van der Waals surface area contributed by atoms with Gasteiger partial charge in [0, 0.05) is 27.6 Å². The molecule has 2 amide bonds. The maximum atomic E-state index is 12.5. The van der Waals surface area contributed by atoms with E-state index in [1.165, 1.54) is 0 Å². The zero-order chi connectivity index (χ0) is 22.8. The van der Waals surface area contributed by atoms with Gasteiger partial charge in [-0.25, -0.2) is 0 Å². The summed E-state index contributed by atoms with van der Waals surface area (Å²) in [5.41, 5.74) is 7.95. The van der Waals surface area contributed by atoms with Crippen LogP contribution in [0.5, 0.6) is 0 Å². The van der Waals surface area contributed by atoms with Gasteiger partial charge in [0.2, 0.25) is 11.8 Å². The van der Waals surface area contributed by atoms with Gasteiger partial charge in [-0.05, 0) is 49.4 Å². The Hall–Kier alpha value is -4.72. The molecule has 0 saturated heterocycles. The molecule has 0 aliphatic heterocycles. The number of hydrazine groups is 1. The van der Waals surface area contributed by atoms with Gasteiger partial charge in [0.05, 0.1) is 0 Å². The lowest BCUT2D eigenvalue weighted by Crippen LogP contribution is -2.41. The highest BCUT2D eigenvalue weighted by Gasteiger charge is 2.18. The molecule has 162 valence electrons. The molecule has 0 fully saturated rings. The quantitative estimate of drug-likeness (QED) is 0.399. The molecule has 2 aromatic heterocycles. The number of fused-ring (bicyclic) bond motifs is 1. The highest BCUT2D eigenvalue weighted by Crippen LogP contribution is 2.25. The number of benzene rings is 3. The molecule has 2 N–H and O–H groups in total. The van der Waals surface area contributed by atoms with Crippen molar-refractivity contribution in [3.8, 4) is 22.9 Å². The van der Waals surface area contributed by atoms with Crippen molar-refractivity contribution in [1.29, 1.82) is 0 Å². The van der Waals surface area contributed by atoms with Gasteiger partial charge in [-0.1, -0.05) is 36.4 Å². The maximum absolute atomic E-state index is 12.5. The van der Waals surface area contributed by atoms with Gasteiger partial charge in [0.25, 0.3) is 5.91 Å². The minimum atomic E-state index is -0.534. The number of furan rings is 1. The highest BCUT2D eigenvalue weighted by atomic mass is 16.4. The van der Waals surface area contributed by atoms with E-state index >= 15 is 0 Å². The SMILES string of the molecule is Cc1c(C(=O)NNC(=O)c2ccc(-c3nnc(-c4ccccc4)o3)cc2)oc2ccccc12. The monoisotopic (exact) mass is 438 g/mol. The number of nitrogens with zero attached hydrogens (tertiary/aromatic N) is 2. The number of para-hydroxylation sites is 1. The zero-order valence-electron chi connectivity index (χ0n) is 17.5. The summed E-state index contributed by atoms with van der Waals surface area (Å²) in [7, 11) is 0. The Kier molecular flexibility index (Phi) is 5.16. The molecule has 0 spiro atoms. The lowest BCUT2D eigenvalue weighted by molar-refractivity contribution is 0.0831. The molecule has 3 aromatic carbocycles. The fourth-order valence-corrected chi connectivity index (χ4v) is 3.43. The van der Waals surface area contributed by atoms with Crippen molar-refractivity contribution in [1.82, 2.24) is 21.0 Å². The van der Waals surface area contributed by atoms with Gasteiger partial charge >= 0.3 is 5.91 Å². The second kappa shape index (κ2) is 8.43. The fourth-order valence-electron chi connectivity index (χ4n) is 3.43. The summed E-state index contributed by atoms with van der Waals surface area (Å²) in [5.74, 6) is -0.102. The molecule has 2 heterocycles. The Bertz CT molecular complexity index is 1450. The van der Waals surface area contributed by atoms with Gasteiger partial charge in [0.1, 0.15) is 5.58 Å². The molecule has 0 radical (unpaired) electrons. The Morgan fingerprint density at radius 1 is 0.697 bits per heavy atom. The highest BCUT2D eigenvalue weighted by molar-refractivity contribution is 6.01. The Labute approximate surface area is 188 Å². The molecule has 0 aliphatic rings. The first-order valence-electron chi connectivity index (χ1n) is 10.2. The summed E-state index contributed by atoms with van der Waals surface area (Å²) in [4.78, 5) is 24.9. The van der Waals surface area contributed by atoms with Gasteiger partial charge in [-0.15, -0.1) is 10.2 Å². The average Bonchev–Trinajstić information content (AvgIpc) is 3.49. The van der Waals surface area contributed by atoms with Gasteiger partial charge in [-0.2, -0.15) is 0 Å². The van der Waals surface area contributed by atoms with Crippen LogP contribution in [0, 0.1) is 6.92 Å². The van der Waals surface area contributed by atoms with Crippen LogP contribution in [0.4, 0.5) is 0 Å². The van der Waals surface area contributed by atoms with Crippen LogP contribution in [0.1, 0.15) is 26.5 Å². The van der Waals surface area contributed by atoms with Crippen molar-refractivity contribution in [3.63, 3.8) is 0 Å². The maximum Gasteiger partial charge on any atom is 0.305 e. The van der Waals surface area contributed by atoms with Gasteiger partial charge in [0.15, 0.2) is 5.76 Å². The van der Waals surface area contributed by atoms with E-state index in [1.54, 1.807) is 37.3 Å². The van der Waals surface area contributed by atoms with Crippen molar-refractivity contribution in [3.05, 3.63) is 95.7 Å². The minimum absolute atomic E-state index is 0.150. The summed E-state index contributed by atoms with van der Waals surface area (Å²) >= 11 is 0. The predicted molar refractivity (Wildman–Crippen MR) is 121 cm³/mol. The molecule has 0 unspecified atom stereocenters. The number of aryl methyl sites for hydroxylation is 1. The van der Waals surface area contributed by atoms with E-state index in [0.29, 0.717) is 34.1 Å². The van der Waals surface area contributed by atoms with E-state index in [2.05, 4.69) is 21.0 Å². The summed E-state index contributed by atoms with van der Waals surface area (Å²) < 4.78 is 11.3. The van der Waals surface area contributed by atoms with Crippen LogP contribution < -0.4 is 10.9 Å². The second-order valence-corrected chi connectivity index (χ2v) is 7.32. The number of amides is 2. The first-order valence-corrected chi connectivity index (χ1v) is 10.2. The zero-order valence-corrected chi connectivity index (χ0v) is 17.5. The van der Waals surface area contributed by atoms with Crippen molar-refractivity contribution >= 4 is 22.8 Å². The third kappa shape index (κ3) is 3.97. The number of nitrogens with one attached hydrogen (secondary N) is 2. The molecule has 33 heavy (non-hydrogen) atoms. The van der Waals surface area contributed by atoms with E-state index in [4.69, 9.17) is 8.83 Å². The van der Waals surface area contributed by atoms with Crippen LogP contribution in [-0.4, -0.2) is 22.0 Å². The Morgan fingerprint density at radius 2 is 1.30 bits per heavy atom. The van der Waals surface area contributed by atoms with Crippen molar-refractivity contribution < 1.29 is 18.4 Å². The van der Waals surface area contributed by atoms with Crippen molar-refractivity contribution in [2.75, 3.05) is 0 Å². The summed E-state index contributed by atoms with van der Waals surface area (Å²) in [6.07, 6.45) is 0. The number of hydrogen-bond acceptors (Lipinski definition) is 6. The Balaban J connectivity index is 1.25. The number of carbonyl (C=O) groups excluding carboxylic acids is 2. The average molecular weight is 438 g/mol. The van der Waals surface area contributed by atoms with Crippen LogP contribution in [-0.2, 0) is 0 Å². The Morgan fingerprint density at radius 3 is 2.00 bits per heavy atom. The summed E-state index contributed by atoms with van der Waals surface area (Å²) in [6.45, 7) is 1.79.